The Balaban J connectivity index is 2.33. The summed E-state index contributed by atoms with van der Waals surface area (Å²) in [5.41, 5.74) is 5.69. The summed E-state index contributed by atoms with van der Waals surface area (Å²) in [6.45, 7) is 0. The summed E-state index contributed by atoms with van der Waals surface area (Å²) >= 11 is 0. The largest absolute Gasteiger partial charge is 0.397 e. The third-order valence-corrected chi connectivity index (χ3v) is 1.84. The Labute approximate surface area is 84.4 Å². The fourth-order valence-electron chi connectivity index (χ4n) is 1.12. The molecule has 78 valence electrons. The fraction of sp³-hybridized carbons (Fsp3) is 0.111. The average molecular weight is 210 g/mol. The molecule has 0 atom stereocenters. The van der Waals surface area contributed by atoms with Gasteiger partial charge in [0.1, 0.15) is 5.69 Å². The van der Waals surface area contributed by atoms with E-state index in [4.69, 9.17) is 5.73 Å². The lowest BCUT2D eigenvalue weighted by molar-refractivity contribution is 0.145. The van der Waals surface area contributed by atoms with Crippen LogP contribution in [-0.4, -0.2) is 14.8 Å². The highest BCUT2D eigenvalue weighted by Crippen LogP contribution is 2.16. The van der Waals surface area contributed by atoms with E-state index >= 15 is 0 Å². The van der Waals surface area contributed by atoms with Crippen LogP contribution in [0.4, 0.5) is 14.5 Å². The minimum absolute atomic E-state index is 0.270. The predicted octanol–water partition coefficient (Wildman–Crippen LogP) is 1.79. The van der Waals surface area contributed by atoms with Crippen LogP contribution in [0.5, 0.6) is 0 Å². The summed E-state index contributed by atoms with van der Waals surface area (Å²) in [5, 5.41) is 3.67. The van der Waals surface area contributed by atoms with Gasteiger partial charge < -0.3 is 5.73 Å². The Morgan fingerprint density at radius 2 is 2.07 bits per heavy atom. The second kappa shape index (κ2) is 3.64. The number of alkyl halides is 2. The summed E-state index contributed by atoms with van der Waals surface area (Å²) in [6.07, 6.45) is 0.305. The minimum Gasteiger partial charge on any atom is -0.397 e. The van der Waals surface area contributed by atoms with Crippen molar-refractivity contribution in [2.24, 2.45) is 0 Å². The lowest BCUT2D eigenvalue weighted by Gasteiger charge is -1.99. The normalized spacial score (nSPS) is 10.9. The van der Waals surface area contributed by atoms with Gasteiger partial charge in [0.25, 0.3) is 6.43 Å². The first-order chi connectivity index (χ1) is 7.16. The monoisotopic (exact) mass is 210 g/mol. The van der Waals surface area contributed by atoms with Crippen molar-refractivity contribution < 1.29 is 8.78 Å². The van der Waals surface area contributed by atoms with E-state index in [1.54, 1.807) is 12.1 Å². The summed E-state index contributed by atoms with van der Waals surface area (Å²) in [5.74, 6) is 0.455. The van der Waals surface area contributed by atoms with Crippen molar-refractivity contribution in [1.82, 2.24) is 14.8 Å². The van der Waals surface area contributed by atoms with Crippen molar-refractivity contribution in [1.29, 1.82) is 0 Å². The molecule has 0 aromatic carbocycles. The number of hydrogen-bond donors (Lipinski definition) is 1. The van der Waals surface area contributed by atoms with Crippen molar-refractivity contribution in [3.63, 3.8) is 0 Å². The van der Waals surface area contributed by atoms with Crippen molar-refractivity contribution in [2.75, 3.05) is 5.73 Å². The standard InChI is InChI=1S/C9H8F2N4/c10-9(11)7-3-4-15(14-7)8-2-1-6(12)5-13-8/h1-5,9H,12H2. The van der Waals surface area contributed by atoms with Crippen molar-refractivity contribution >= 4 is 5.69 Å². The quantitative estimate of drug-likeness (QED) is 0.822. The van der Waals surface area contributed by atoms with Crippen LogP contribution in [0.15, 0.2) is 30.6 Å². The molecule has 6 heteroatoms. The maximum Gasteiger partial charge on any atom is 0.282 e. The van der Waals surface area contributed by atoms with Gasteiger partial charge >= 0.3 is 0 Å². The molecule has 0 bridgehead atoms. The number of nitrogens with two attached hydrogens (primary N) is 1. The number of rotatable bonds is 2. The highest BCUT2D eigenvalue weighted by molar-refractivity contribution is 5.38. The lowest BCUT2D eigenvalue weighted by Crippen LogP contribution is -1.99. The maximum absolute atomic E-state index is 12.2. The van der Waals surface area contributed by atoms with E-state index in [9.17, 15) is 8.78 Å². The highest BCUT2D eigenvalue weighted by atomic mass is 19.3. The molecule has 0 aliphatic heterocycles. The lowest BCUT2D eigenvalue weighted by atomic mass is 10.4. The Morgan fingerprint density at radius 3 is 2.60 bits per heavy atom. The summed E-state index contributed by atoms with van der Waals surface area (Å²) in [7, 11) is 0. The topological polar surface area (TPSA) is 56.7 Å². The van der Waals surface area contributed by atoms with Gasteiger partial charge in [0, 0.05) is 6.20 Å². The summed E-state index contributed by atoms with van der Waals surface area (Å²) in [6, 6.07) is 4.49. The SMILES string of the molecule is Nc1ccc(-n2ccc(C(F)F)n2)nc1. The molecule has 0 saturated heterocycles. The number of halogens is 2. The highest BCUT2D eigenvalue weighted by Gasteiger charge is 2.11. The summed E-state index contributed by atoms with van der Waals surface area (Å²) in [4.78, 5) is 3.95. The molecule has 2 aromatic heterocycles. The minimum atomic E-state index is -2.57. The van der Waals surface area contributed by atoms with Gasteiger partial charge in [0.2, 0.25) is 0 Å². The average Bonchev–Trinajstić information content (AvgIpc) is 2.68. The molecule has 4 nitrogen and oxygen atoms in total. The molecule has 2 N–H and O–H groups in total. The first-order valence-electron chi connectivity index (χ1n) is 4.22. The van der Waals surface area contributed by atoms with Crippen molar-refractivity contribution in [3.8, 4) is 5.82 Å². The van der Waals surface area contributed by atoms with Crippen LogP contribution in [-0.2, 0) is 0 Å². The zero-order chi connectivity index (χ0) is 10.8. The third-order valence-electron chi connectivity index (χ3n) is 1.84. The zero-order valence-electron chi connectivity index (χ0n) is 7.64. The van der Waals surface area contributed by atoms with Crippen molar-refractivity contribution in [2.45, 2.75) is 6.43 Å². The van der Waals surface area contributed by atoms with Crippen LogP contribution >= 0.6 is 0 Å². The van der Waals surface area contributed by atoms with Gasteiger partial charge in [-0.25, -0.2) is 18.4 Å². The molecule has 2 aromatic rings. The molecule has 0 unspecified atom stereocenters. The Hall–Kier alpha value is -1.98. The van der Waals surface area contributed by atoms with Gasteiger partial charge in [-0.2, -0.15) is 5.10 Å². The van der Waals surface area contributed by atoms with Gasteiger partial charge in [-0.05, 0) is 18.2 Å². The molecule has 0 amide bonds. The molecule has 0 aliphatic carbocycles. The molecule has 0 saturated carbocycles. The number of aromatic nitrogens is 3. The molecule has 0 aliphatic rings. The van der Waals surface area contributed by atoms with Gasteiger partial charge in [-0.3, -0.25) is 0 Å². The van der Waals surface area contributed by atoms with E-state index in [0.29, 0.717) is 11.5 Å². The van der Waals surface area contributed by atoms with Crippen LogP contribution in [0.25, 0.3) is 5.82 Å². The Kier molecular flexibility index (Phi) is 2.32. The molecule has 0 spiro atoms. The number of nitrogens with zero attached hydrogens (tertiary/aromatic N) is 3. The van der Waals surface area contributed by atoms with Gasteiger partial charge in [-0.15, -0.1) is 0 Å². The Morgan fingerprint density at radius 1 is 1.27 bits per heavy atom. The smallest absolute Gasteiger partial charge is 0.282 e. The van der Waals surface area contributed by atoms with Gasteiger partial charge in [-0.1, -0.05) is 0 Å². The van der Waals surface area contributed by atoms with E-state index < -0.39 is 6.43 Å². The number of hydrogen-bond acceptors (Lipinski definition) is 3. The predicted molar refractivity (Wildman–Crippen MR) is 50.7 cm³/mol. The van der Waals surface area contributed by atoms with Crippen LogP contribution in [0.1, 0.15) is 12.1 Å². The fourth-order valence-corrected chi connectivity index (χ4v) is 1.12. The van der Waals surface area contributed by atoms with E-state index in [0.717, 1.165) is 0 Å². The van der Waals surface area contributed by atoms with Crippen LogP contribution in [0, 0.1) is 0 Å². The second-order valence-electron chi connectivity index (χ2n) is 2.94. The van der Waals surface area contributed by atoms with E-state index in [-0.39, 0.29) is 5.69 Å². The van der Waals surface area contributed by atoms with E-state index in [1.807, 2.05) is 0 Å². The number of nitrogen functional groups attached to an aromatic ring is 1. The first kappa shape index (κ1) is 9.57. The third kappa shape index (κ3) is 1.93. The summed E-state index contributed by atoms with van der Waals surface area (Å²) < 4.78 is 25.8. The number of anilines is 1. The zero-order valence-corrected chi connectivity index (χ0v) is 7.64. The van der Waals surface area contributed by atoms with Crippen LogP contribution in [0.2, 0.25) is 0 Å². The molecule has 2 rings (SSSR count). The molecule has 2 heterocycles. The molecule has 15 heavy (non-hydrogen) atoms. The van der Waals surface area contributed by atoms with Crippen LogP contribution < -0.4 is 5.73 Å². The molecular formula is C9H8F2N4. The first-order valence-corrected chi connectivity index (χ1v) is 4.22. The van der Waals surface area contributed by atoms with Gasteiger partial charge in [0.05, 0.1) is 11.9 Å². The second-order valence-corrected chi connectivity index (χ2v) is 2.94. The molecule has 0 radical (unpaired) electrons. The van der Waals surface area contributed by atoms with Crippen molar-refractivity contribution in [3.05, 3.63) is 36.3 Å². The molecular weight excluding hydrogens is 202 g/mol. The van der Waals surface area contributed by atoms with E-state index in [2.05, 4.69) is 10.1 Å². The van der Waals surface area contributed by atoms with Crippen LogP contribution in [0.3, 0.4) is 0 Å². The maximum atomic E-state index is 12.2. The van der Waals surface area contributed by atoms with E-state index in [1.165, 1.54) is 23.1 Å². The Bertz CT molecular complexity index is 449. The van der Waals surface area contributed by atoms with Gasteiger partial charge in [0.15, 0.2) is 5.82 Å². The molecule has 0 fully saturated rings. The number of pyridine rings is 1.